The zero-order valence-electron chi connectivity index (χ0n) is 9.48. The van der Waals surface area contributed by atoms with Gasteiger partial charge in [-0.3, -0.25) is 9.48 Å². The Morgan fingerprint density at radius 2 is 2.12 bits per heavy atom. The van der Waals surface area contributed by atoms with E-state index in [9.17, 15) is 4.79 Å². The van der Waals surface area contributed by atoms with Crippen molar-refractivity contribution < 1.29 is 9.53 Å². The van der Waals surface area contributed by atoms with E-state index in [0.29, 0.717) is 17.0 Å². The molecule has 1 aromatic carbocycles. The van der Waals surface area contributed by atoms with E-state index in [2.05, 4.69) is 27.7 Å². The molecule has 88 valence electrons. The molecule has 0 aliphatic carbocycles. The van der Waals surface area contributed by atoms with Gasteiger partial charge in [-0.05, 0) is 34.7 Å². The molecule has 0 spiro atoms. The summed E-state index contributed by atoms with van der Waals surface area (Å²) in [6, 6.07) is 7.45. The fourth-order valence-corrected chi connectivity index (χ4v) is 2.23. The Kier molecular flexibility index (Phi) is 3.46. The number of benzene rings is 1. The molecule has 1 aromatic heterocycles. The second kappa shape index (κ2) is 4.87. The zero-order chi connectivity index (χ0) is 12.4. The Labute approximate surface area is 113 Å². The maximum absolute atomic E-state index is 12.4. The minimum absolute atomic E-state index is 0.0770. The van der Waals surface area contributed by atoms with Crippen LogP contribution in [0.2, 0.25) is 0 Å². The van der Waals surface area contributed by atoms with Gasteiger partial charge in [0.1, 0.15) is 0 Å². The maximum Gasteiger partial charge on any atom is 0.215 e. The van der Waals surface area contributed by atoms with Crippen LogP contribution in [0.15, 0.2) is 30.5 Å². The number of carbonyl (C=O) groups is 1. The van der Waals surface area contributed by atoms with E-state index < -0.39 is 0 Å². The van der Waals surface area contributed by atoms with Crippen LogP contribution in [-0.4, -0.2) is 22.7 Å². The average molecular weight is 342 g/mol. The van der Waals surface area contributed by atoms with Crippen molar-refractivity contribution in [3.05, 3.63) is 45.3 Å². The zero-order valence-corrected chi connectivity index (χ0v) is 11.6. The molecule has 0 saturated heterocycles. The maximum atomic E-state index is 12.4. The Morgan fingerprint density at radius 3 is 2.76 bits per heavy atom. The van der Waals surface area contributed by atoms with E-state index in [1.165, 1.54) is 11.8 Å². The van der Waals surface area contributed by atoms with E-state index in [1.807, 2.05) is 18.2 Å². The van der Waals surface area contributed by atoms with Crippen molar-refractivity contribution in [3.63, 3.8) is 0 Å². The standard InChI is InChI=1S/C12H11IN2O2/c1-15-11(10(17-2)7-14-15)12(16)8-5-3-4-6-9(8)13/h3-7H,1-2H3. The molecule has 2 rings (SSSR count). The van der Waals surface area contributed by atoms with Crippen molar-refractivity contribution >= 4 is 28.4 Å². The highest BCUT2D eigenvalue weighted by Crippen LogP contribution is 2.22. The van der Waals surface area contributed by atoms with Gasteiger partial charge in [0.05, 0.1) is 13.3 Å². The first-order valence-electron chi connectivity index (χ1n) is 5.00. The molecule has 0 unspecified atom stereocenters. The molecular formula is C12H11IN2O2. The van der Waals surface area contributed by atoms with Crippen LogP contribution in [0.25, 0.3) is 0 Å². The second-order valence-electron chi connectivity index (χ2n) is 3.49. The smallest absolute Gasteiger partial charge is 0.215 e. The van der Waals surface area contributed by atoms with Crippen LogP contribution < -0.4 is 4.74 Å². The van der Waals surface area contributed by atoms with Gasteiger partial charge in [-0.1, -0.05) is 12.1 Å². The van der Waals surface area contributed by atoms with Crippen LogP contribution in [0.1, 0.15) is 16.1 Å². The molecule has 0 N–H and O–H groups in total. The number of hydrogen-bond donors (Lipinski definition) is 0. The highest BCUT2D eigenvalue weighted by molar-refractivity contribution is 14.1. The van der Waals surface area contributed by atoms with Gasteiger partial charge in [0.25, 0.3) is 0 Å². The molecule has 0 amide bonds. The molecule has 0 radical (unpaired) electrons. The summed E-state index contributed by atoms with van der Waals surface area (Å²) in [6.45, 7) is 0. The van der Waals surface area contributed by atoms with E-state index >= 15 is 0 Å². The SMILES string of the molecule is COc1cnn(C)c1C(=O)c1ccccc1I. The number of nitrogens with zero attached hydrogens (tertiary/aromatic N) is 2. The molecule has 0 aliphatic rings. The molecule has 0 atom stereocenters. The van der Waals surface area contributed by atoms with Gasteiger partial charge in [0.2, 0.25) is 5.78 Å². The van der Waals surface area contributed by atoms with Crippen LogP contribution >= 0.6 is 22.6 Å². The minimum atomic E-state index is -0.0770. The quantitative estimate of drug-likeness (QED) is 0.635. The van der Waals surface area contributed by atoms with Gasteiger partial charge < -0.3 is 4.74 Å². The monoisotopic (exact) mass is 342 g/mol. The summed E-state index contributed by atoms with van der Waals surface area (Å²) in [6.07, 6.45) is 1.54. The highest BCUT2D eigenvalue weighted by Gasteiger charge is 2.20. The lowest BCUT2D eigenvalue weighted by Gasteiger charge is -2.06. The minimum Gasteiger partial charge on any atom is -0.493 e. The van der Waals surface area contributed by atoms with Gasteiger partial charge in [0.15, 0.2) is 11.4 Å². The van der Waals surface area contributed by atoms with Crippen LogP contribution in [0.3, 0.4) is 0 Å². The summed E-state index contributed by atoms with van der Waals surface area (Å²) in [5.74, 6) is 0.420. The van der Waals surface area contributed by atoms with Crippen molar-refractivity contribution in [1.82, 2.24) is 9.78 Å². The Balaban J connectivity index is 2.51. The van der Waals surface area contributed by atoms with Crippen LogP contribution in [-0.2, 0) is 7.05 Å². The molecule has 0 saturated carbocycles. The van der Waals surface area contributed by atoms with Crippen molar-refractivity contribution in [2.45, 2.75) is 0 Å². The predicted molar refractivity (Wildman–Crippen MR) is 72.4 cm³/mol. The van der Waals surface area contributed by atoms with Crippen molar-refractivity contribution in [3.8, 4) is 5.75 Å². The molecule has 2 aromatic rings. The Bertz CT molecular complexity index is 563. The fourth-order valence-electron chi connectivity index (χ4n) is 1.60. The first-order valence-corrected chi connectivity index (χ1v) is 6.08. The van der Waals surface area contributed by atoms with E-state index in [-0.39, 0.29) is 5.78 Å². The van der Waals surface area contributed by atoms with Gasteiger partial charge in [-0.25, -0.2) is 0 Å². The third kappa shape index (κ3) is 2.19. The first-order chi connectivity index (χ1) is 8.15. The summed E-state index contributed by atoms with van der Waals surface area (Å²) in [4.78, 5) is 12.4. The van der Waals surface area contributed by atoms with Gasteiger partial charge in [0, 0.05) is 16.2 Å². The second-order valence-corrected chi connectivity index (χ2v) is 4.66. The lowest BCUT2D eigenvalue weighted by Crippen LogP contribution is -2.10. The number of halogens is 1. The van der Waals surface area contributed by atoms with Crippen LogP contribution in [0.4, 0.5) is 0 Å². The summed E-state index contributed by atoms with van der Waals surface area (Å²) < 4.78 is 7.59. The number of ether oxygens (including phenoxy) is 1. The normalized spacial score (nSPS) is 10.3. The lowest BCUT2D eigenvalue weighted by molar-refractivity contribution is 0.102. The third-order valence-corrected chi connectivity index (χ3v) is 3.40. The van der Waals surface area contributed by atoms with Gasteiger partial charge in [-0.2, -0.15) is 5.10 Å². The number of aromatic nitrogens is 2. The number of ketones is 1. The topological polar surface area (TPSA) is 44.1 Å². The molecule has 0 bridgehead atoms. The molecular weight excluding hydrogens is 331 g/mol. The molecule has 0 fully saturated rings. The Morgan fingerprint density at radius 1 is 1.41 bits per heavy atom. The lowest BCUT2D eigenvalue weighted by atomic mass is 10.1. The third-order valence-electron chi connectivity index (χ3n) is 2.46. The number of methoxy groups -OCH3 is 1. The molecule has 1 heterocycles. The number of carbonyl (C=O) groups excluding carboxylic acids is 1. The number of rotatable bonds is 3. The molecule has 17 heavy (non-hydrogen) atoms. The van der Waals surface area contributed by atoms with Crippen LogP contribution in [0.5, 0.6) is 5.75 Å². The number of aryl methyl sites for hydroxylation is 1. The van der Waals surface area contributed by atoms with E-state index in [4.69, 9.17) is 4.74 Å². The highest BCUT2D eigenvalue weighted by atomic mass is 127. The van der Waals surface area contributed by atoms with E-state index in [0.717, 1.165) is 3.57 Å². The molecule has 4 nitrogen and oxygen atoms in total. The summed E-state index contributed by atoms with van der Waals surface area (Å²) >= 11 is 2.14. The first kappa shape index (κ1) is 12.1. The Hall–Kier alpha value is -1.37. The molecule has 5 heteroatoms. The van der Waals surface area contributed by atoms with Crippen LogP contribution in [0, 0.1) is 3.57 Å². The summed E-state index contributed by atoms with van der Waals surface area (Å²) in [5.41, 5.74) is 1.13. The van der Waals surface area contributed by atoms with Crippen molar-refractivity contribution in [1.29, 1.82) is 0 Å². The number of hydrogen-bond acceptors (Lipinski definition) is 3. The fraction of sp³-hybridized carbons (Fsp3) is 0.167. The molecule has 0 aliphatic heterocycles. The average Bonchev–Trinajstić information content (AvgIpc) is 2.70. The largest absolute Gasteiger partial charge is 0.493 e. The van der Waals surface area contributed by atoms with Gasteiger partial charge >= 0.3 is 0 Å². The van der Waals surface area contributed by atoms with Gasteiger partial charge in [-0.15, -0.1) is 0 Å². The van der Waals surface area contributed by atoms with Crippen molar-refractivity contribution in [2.24, 2.45) is 7.05 Å². The van der Waals surface area contributed by atoms with Crippen molar-refractivity contribution in [2.75, 3.05) is 7.11 Å². The predicted octanol–water partition coefficient (Wildman–Crippen LogP) is 2.26. The summed E-state index contributed by atoms with van der Waals surface area (Å²) in [7, 11) is 3.26. The van der Waals surface area contributed by atoms with E-state index in [1.54, 1.807) is 19.3 Å². The summed E-state index contributed by atoms with van der Waals surface area (Å²) in [5, 5.41) is 4.03.